The number of allylic oxidation sites excluding steroid dienone is 2. The molecule has 1 heterocycles. The molecule has 1 unspecified atom stereocenters. The van der Waals surface area contributed by atoms with Gasteiger partial charge in [-0.25, -0.2) is 18.1 Å². The van der Waals surface area contributed by atoms with Gasteiger partial charge in [-0.1, -0.05) is 12.2 Å². The fourth-order valence-corrected chi connectivity index (χ4v) is 4.26. The zero-order valence-electron chi connectivity index (χ0n) is 14.5. The van der Waals surface area contributed by atoms with Gasteiger partial charge in [0.1, 0.15) is 29.9 Å². The molecule has 1 atom stereocenters. The van der Waals surface area contributed by atoms with Crippen molar-refractivity contribution in [3.63, 3.8) is 0 Å². The molecule has 0 saturated carbocycles. The Balaban J connectivity index is 2.67. The molecule has 0 radical (unpaired) electrons. The van der Waals surface area contributed by atoms with Gasteiger partial charge in [-0.05, 0) is 6.92 Å². The maximum atomic E-state index is 13.4. The maximum absolute atomic E-state index is 13.4. The lowest BCUT2D eigenvalue weighted by Gasteiger charge is -2.20. The van der Waals surface area contributed by atoms with E-state index in [-0.39, 0.29) is 22.8 Å². The van der Waals surface area contributed by atoms with E-state index in [9.17, 15) is 8.42 Å². The number of rotatable bonds is 8. The molecule has 2 rings (SSSR count). The second-order valence-corrected chi connectivity index (χ2v) is 7.08. The number of methoxy groups -OCH3 is 3. The minimum atomic E-state index is -3.90. The third kappa shape index (κ3) is 3.76. The zero-order chi connectivity index (χ0) is 18.4. The van der Waals surface area contributed by atoms with Crippen LogP contribution in [0, 0.1) is 0 Å². The van der Waals surface area contributed by atoms with E-state index >= 15 is 0 Å². The van der Waals surface area contributed by atoms with Crippen molar-refractivity contribution in [2.75, 3.05) is 21.3 Å². The lowest BCUT2D eigenvalue weighted by Crippen LogP contribution is -2.21. The standard InChI is InChI=1S/C16H21N3O5S/c1-5-6-7-15(19-11-17-10-18-19)25(20,21)16-13(23-3)8-12(22-2)9-14(16)24-4/h5-6,8-11,15H,7H2,1-4H3/b6-5+. The van der Waals surface area contributed by atoms with Gasteiger partial charge < -0.3 is 14.2 Å². The first kappa shape index (κ1) is 18.8. The largest absolute Gasteiger partial charge is 0.496 e. The molecule has 0 fully saturated rings. The van der Waals surface area contributed by atoms with Crippen LogP contribution in [0.5, 0.6) is 17.2 Å². The molecule has 0 aliphatic heterocycles. The lowest BCUT2D eigenvalue weighted by atomic mass is 10.3. The zero-order valence-corrected chi connectivity index (χ0v) is 15.4. The van der Waals surface area contributed by atoms with E-state index in [1.807, 2.05) is 6.92 Å². The highest BCUT2D eigenvalue weighted by atomic mass is 32.2. The first-order valence-corrected chi connectivity index (χ1v) is 9.03. The van der Waals surface area contributed by atoms with Gasteiger partial charge in [0.2, 0.25) is 9.84 Å². The minimum absolute atomic E-state index is 0.0525. The van der Waals surface area contributed by atoms with E-state index in [0.29, 0.717) is 5.75 Å². The Morgan fingerprint density at radius 2 is 1.80 bits per heavy atom. The number of hydrogen-bond acceptors (Lipinski definition) is 7. The molecule has 9 heteroatoms. The predicted molar refractivity (Wildman–Crippen MR) is 91.8 cm³/mol. The van der Waals surface area contributed by atoms with Crippen LogP contribution in [0.15, 0.2) is 41.8 Å². The van der Waals surface area contributed by atoms with Crippen LogP contribution >= 0.6 is 0 Å². The Morgan fingerprint density at radius 1 is 1.16 bits per heavy atom. The Bertz CT molecular complexity index is 806. The molecule has 1 aromatic carbocycles. The Kier molecular flexibility index (Phi) is 6.02. The van der Waals surface area contributed by atoms with Crippen molar-refractivity contribution in [2.24, 2.45) is 0 Å². The summed E-state index contributed by atoms with van der Waals surface area (Å²) in [7, 11) is 0.361. The fraction of sp³-hybridized carbons (Fsp3) is 0.375. The Morgan fingerprint density at radius 3 is 2.24 bits per heavy atom. The molecule has 25 heavy (non-hydrogen) atoms. The van der Waals surface area contributed by atoms with E-state index in [2.05, 4.69) is 10.1 Å². The first-order valence-electron chi connectivity index (χ1n) is 7.48. The Hall–Kier alpha value is -2.55. The third-order valence-corrected chi connectivity index (χ3v) is 5.71. The van der Waals surface area contributed by atoms with Crippen molar-refractivity contribution in [3.05, 3.63) is 36.9 Å². The van der Waals surface area contributed by atoms with Crippen molar-refractivity contribution in [2.45, 2.75) is 23.6 Å². The van der Waals surface area contributed by atoms with Gasteiger partial charge in [0.25, 0.3) is 0 Å². The quantitative estimate of drug-likeness (QED) is 0.661. The van der Waals surface area contributed by atoms with Crippen molar-refractivity contribution >= 4 is 9.84 Å². The molecule has 2 aromatic rings. The summed E-state index contributed by atoms with van der Waals surface area (Å²) >= 11 is 0. The third-order valence-electron chi connectivity index (χ3n) is 3.62. The maximum Gasteiger partial charge on any atom is 0.209 e. The molecule has 0 saturated heterocycles. The molecule has 136 valence electrons. The smallest absolute Gasteiger partial charge is 0.209 e. The highest BCUT2D eigenvalue weighted by Gasteiger charge is 2.35. The number of benzene rings is 1. The van der Waals surface area contributed by atoms with E-state index < -0.39 is 15.2 Å². The summed E-state index contributed by atoms with van der Waals surface area (Å²) < 4.78 is 43.8. The minimum Gasteiger partial charge on any atom is -0.496 e. The van der Waals surface area contributed by atoms with E-state index in [0.717, 1.165) is 0 Å². The Labute approximate surface area is 147 Å². The summed E-state index contributed by atoms with van der Waals surface area (Å²) in [5, 5.41) is 3.01. The summed E-state index contributed by atoms with van der Waals surface area (Å²) in [5.41, 5.74) is 0. The molecular weight excluding hydrogens is 346 g/mol. The molecular formula is C16H21N3O5S. The average molecular weight is 367 g/mol. The summed E-state index contributed by atoms with van der Waals surface area (Å²) in [5.74, 6) is 0.710. The second-order valence-electron chi connectivity index (χ2n) is 5.04. The average Bonchev–Trinajstić information content (AvgIpc) is 3.14. The van der Waals surface area contributed by atoms with Crippen LogP contribution in [0.25, 0.3) is 0 Å². The summed E-state index contributed by atoms with van der Waals surface area (Å²) in [6.45, 7) is 1.82. The van der Waals surface area contributed by atoms with Crippen LogP contribution < -0.4 is 14.2 Å². The molecule has 0 N–H and O–H groups in total. The van der Waals surface area contributed by atoms with Gasteiger partial charge in [-0.2, -0.15) is 5.10 Å². The molecule has 1 aromatic heterocycles. The number of ether oxygens (including phenoxy) is 3. The van der Waals surface area contributed by atoms with E-state index in [1.165, 1.54) is 50.8 Å². The normalized spacial score (nSPS) is 13.0. The van der Waals surface area contributed by atoms with Gasteiger partial charge in [0.15, 0.2) is 10.3 Å². The van der Waals surface area contributed by atoms with Crippen molar-refractivity contribution in [1.82, 2.24) is 14.8 Å². The first-order chi connectivity index (χ1) is 12.0. The van der Waals surface area contributed by atoms with Crippen LogP contribution in [0.3, 0.4) is 0 Å². The van der Waals surface area contributed by atoms with Crippen molar-refractivity contribution in [3.8, 4) is 17.2 Å². The van der Waals surface area contributed by atoms with Gasteiger partial charge in [-0.15, -0.1) is 0 Å². The highest BCUT2D eigenvalue weighted by molar-refractivity contribution is 7.91. The molecule has 8 nitrogen and oxygen atoms in total. The molecule has 0 aliphatic carbocycles. The van der Waals surface area contributed by atoms with Crippen LogP contribution in [0.1, 0.15) is 18.7 Å². The summed E-state index contributed by atoms with van der Waals surface area (Å²) in [6, 6.07) is 3.01. The number of sulfone groups is 1. The lowest BCUT2D eigenvalue weighted by molar-refractivity contribution is 0.358. The van der Waals surface area contributed by atoms with E-state index in [1.54, 1.807) is 12.2 Å². The molecule has 0 amide bonds. The number of hydrogen-bond donors (Lipinski definition) is 0. The number of nitrogens with zero attached hydrogens (tertiary/aromatic N) is 3. The SMILES string of the molecule is C/C=C/CC(n1cncn1)S(=O)(=O)c1c(OC)cc(OC)cc1OC. The van der Waals surface area contributed by atoms with Gasteiger partial charge in [-0.3, -0.25) is 0 Å². The molecule has 0 aliphatic rings. The summed E-state index contributed by atoms with van der Waals surface area (Å²) in [6.07, 6.45) is 6.42. The predicted octanol–water partition coefficient (Wildman–Crippen LogP) is 2.24. The topological polar surface area (TPSA) is 92.5 Å². The summed E-state index contributed by atoms with van der Waals surface area (Å²) in [4.78, 5) is 3.80. The van der Waals surface area contributed by atoms with Crippen LogP contribution in [0.2, 0.25) is 0 Å². The van der Waals surface area contributed by atoms with Crippen LogP contribution in [0.4, 0.5) is 0 Å². The highest BCUT2D eigenvalue weighted by Crippen LogP contribution is 2.42. The van der Waals surface area contributed by atoms with Gasteiger partial charge in [0, 0.05) is 18.6 Å². The van der Waals surface area contributed by atoms with Gasteiger partial charge >= 0.3 is 0 Å². The van der Waals surface area contributed by atoms with Crippen molar-refractivity contribution < 1.29 is 22.6 Å². The van der Waals surface area contributed by atoms with Crippen molar-refractivity contribution in [1.29, 1.82) is 0 Å². The molecule has 0 bridgehead atoms. The second kappa shape index (κ2) is 8.02. The van der Waals surface area contributed by atoms with Gasteiger partial charge in [0.05, 0.1) is 21.3 Å². The van der Waals surface area contributed by atoms with E-state index in [4.69, 9.17) is 14.2 Å². The monoisotopic (exact) mass is 367 g/mol. The van der Waals surface area contributed by atoms with Crippen LogP contribution in [-0.2, 0) is 9.84 Å². The molecule has 0 spiro atoms. The fourth-order valence-electron chi connectivity index (χ4n) is 2.39. The number of aromatic nitrogens is 3. The van der Waals surface area contributed by atoms with Crippen LogP contribution in [-0.4, -0.2) is 44.5 Å².